The summed E-state index contributed by atoms with van der Waals surface area (Å²) in [6.45, 7) is 0. The first-order chi connectivity index (χ1) is 14.3. The molecule has 2 heteroatoms. The quantitative estimate of drug-likeness (QED) is 0.399. The Bertz CT molecular complexity index is 893. The third-order valence-corrected chi connectivity index (χ3v) is 17.7. The SMILES string of the molecule is c1ccc([P+]2(c3ccccc3)CC[P+](c3ccccc3)(c3ccccc3)C2)cc1. The molecule has 1 fully saturated rings. The minimum atomic E-state index is -1.45. The molecular formula is C27H26P2+2. The molecule has 0 unspecified atom stereocenters. The Morgan fingerprint density at radius 1 is 0.345 bits per heavy atom. The molecular weight excluding hydrogens is 386 g/mol. The van der Waals surface area contributed by atoms with Crippen molar-refractivity contribution >= 4 is 35.7 Å². The highest BCUT2D eigenvalue weighted by Gasteiger charge is 2.63. The Kier molecular flexibility index (Phi) is 5.09. The molecule has 4 aromatic rings. The number of benzene rings is 4. The average Bonchev–Trinajstić information content (AvgIpc) is 3.25. The van der Waals surface area contributed by atoms with Crippen molar-refractivity contribution in [2.75, 3.05) is 18.2 Å². The zero-order valence-electron chi connectivity index (χ0n) is 16.6. The summed E-state index contributed by atoms with van der Waals surface area (Å²) in [5, 5.41) is 6.28. The van der Waals surface area contributed by atoms with Gasteiger partial charge in [-0.05, 0) is 48.5 Å². The molecule has 0 bridgehead atoms. The lowest BCUT2D eigenvalue weighted by Crippen LogP contribution is -2.27. The number of rotatable bonds is 4. The summed E-state index contributed by atoms with van der Waals surface area (Å²) < 4.78 is 0. The summed E-state index contributed by atoms with van der Waals surface area (Å²) in [6, 6.07) is 45.5. The van der Waals surface area contributed by atoms with Gasteiger partial charge in [-0.25, -0.2) is 0 Å². The highest BCUT2D eigenvalue weighted by atomic mass is 31.2. The minimum absolute atomic E-state index is 1.30. The van der Waals surface area contributed by atoms with E-state index < -0.39 is 14.5 Å². The van der Waals surface area contributed by atoms with Crippen LogP contribution >= 0.6 is 14.5 Å². The van der Waals surface area contributed by atoms with E-state index in [0.29, 0.717) is 0 Å². The van der Waals surface area contributed by atoms with Gasteiger partial charge in [0.25, 0.3) is 0 Å². The van der Waals surface area contributed by atoms with Crippen LogP contribution in [0.1, 0.15) is 0 Å². The molecule has 0 N–H and O–H groups in total. The van der Waals surface area contributed by atoms with Gasteiger partial charge in [0.1, 0.15) is 48.1 Å². The molecule has 0 amide bonds. The molecule has 0 aliphatic carbocycles. The van der Waals surface area contributed by atoms with Crippen LogP contribution in [0.25, 0.3) is 0 Å². The Balaban J connectivity index is 1.72. The molecule has 0 saturated carbocycles. The van der Waals surface area contributed by atoms with Gasteiger partial charge in [0.2, 0.25) is 0 Å². The lowest BCUT2D eigenvalue weighted by molar-refractivity contribution is 1.51. The van der Waals surface area contributed by atoms with Crippen molar-refractivity contribution in [2.24, 2.45) is 0 Å². The highest BCUT2D eigenvalue weighted by Crippen LogP contribution is 2.78. The van der Waals surface area contributed by atoms with Gasteiger partial charge in [0.15, 0.2) is 5.90 Å². The minimum Gasteiger partial charge on any atom is -0.0620 e. The van der Waals surface area contributed by atoms with Crippen LogP contribution in [0.4, 0.5) is 0 Å². The van der Waals surface area contributed by atoms with Crippen LogP contribution in [0.5, 0.6) is 0 Å². The zero-order valence-corrected chi connectivity index (χ0v) is 18.4. The van der Waals surface area contributed by atoms with E-state index in [1.165, 1.54) is 18.2 Å². The Hall–Kier alpha value is -2.26. The Morgan fingerprint density at radius 3 is 0.828 bits per heavy atom. The molecule has 1 saturated heterocycles. The van der Waals surface area contributed by atoms with Gasteiger partial charge in [-0.3, -0.25) is 0 Å². The Labute approximate surface area is 175 Å². The monoisotopic (exact) mass is 412 g/mol. The third kappa shape index (κ3) is 3.26. The Morgan fingerprint density at radius 2 is 0.586 bits per heavy atom. The van der Waals surface area contributed by atoms with Crippen molar-refractivity contribution in [3.63, 3.8) is 0 Å². The summed E-state index contributed by atoms with van der Waals surface area (Å²) >= 11 is 0. The summed E-state index contributed by atoms with van der Waals surface area (Å²) in [5.41, 5.74) is 0. The number of hydrogen-bond donors (Lipinski definition) is 0. The van der Waals surface area contributed by atoms with Crippen molar-refractivity contribution in [1.82, 2.24) is 0 Å². The van der Waals surface area contributed by atoms with Crippen LogP contribution < -0.4 is 21.2 Å². The van der Waals surface area contributed by atoms with Crippen molar-refractivity contribution in [3.05, 3.63) is 121 Å². The first kappa shape index (κ1) is 18.7. The summed E-state index contributed by atoms with van der Waals surface area (Å²) in [7, 11) is -2.91. The molecule has 0 aromatic heterocycles. The van der Waals surface area contributed by atoms with E-state index in [1.54, 1.807) is 21.2 Å². The van der Waals surface area contributed by atoms with Gasteiger partial charge in [0, 0.05) is 0 Å². The average molecular weight is 412 g/mol. The predicted molar refractivity (Wildman–Crippen MR) is 133 cm³/mol. The maximum absolute atomic E-state index is 2.39. The van der Waals surface area contributed by atoms with Crippen LogP contribution in [-0.4, -0.2) is 18.2 Å². The molecule has 0 spiro atoms. The van der Waals surface area contributed by atoms with E-state index in [9.17, 15) is 0 Å². The third-order valence-electron chi connectivity index (χ3n) is 6.35. The fourth-order valence-corrected chi connectivity index (χ4v) is 19.3. The number of hydrogen-bond acceptors (Lipinski definition) is 0. The summed E-state index contributed by atoms with van der Waals surface area (Å²) in [5.74, 6) is 1.31. The molecule has 1 aliphatic heterocycles. The van der Waals surface area contributed by atoms with Gasteiger partial charge in [-0.15, -0.1) is 0 Å². The highest BCUT2D eigenvalue weighted by molar-refractivity contribution is 8.07. The fraction of sp³-hybridized carbons (Fsp3) is 0.111. The molecule has 0 radical (unpaired) electrons. The lowest BCUT2D eigenvalue weighted by atomic mass is 10.4. The molecule has 1 aliphatic rings. The van der Waals surface area contributed by atoms with Crippen LogP contribution in [0.3, 0.4) is 0 Å². The largest absolute Gasteiger partial charge is 0.179 e. The van der Waals surface area contributed by atoms with Gasteiger partial charge in [-0.2, -0.15) is 0 Å². The van der Waals surface area contributed by atoms with Crippen molar-refractivity contribution in [3.8, 4) is 0 Å². The van der Waals surface area contributed by atoms with Crippen LogP contribution in [0.15, 0.2) is 121 Å². The van der Waals surface area contributed by atoms with Crippen molar-refractivity contribution < 1.29 is 0 Å². The van der Waals surface area contributed by atoms with Gasteiger partial charge in [0.05, 0.1) is 0 Å². The van der Waals surface area contributed by atoms with E-state index in [2.05, 4.69) is 121 Å². The first-order valence-corrected chi connectivity index (χ1v) is 14.6. The molecule has 142 valence electrons. The second-order valence-corrected chi connectivity index (χ2v) is 15.8. The van der Waals surface area contributed by atoms with E-state index in [-0.39, 0.29) is 0 Å². The summed E-state index contributed by atoms with van der Waals surface area (Å²) in [6.07, 6.45) is 2.61. The molecule has 4 aromatic carbocycles. The fourth-order valence-electron chi connectivity index (χ4n) is 4.89. The van der Waals surface area contributed by atoms with Gasteiger partial charge < -0.3 is 0 Å². The molecule has 0 atom stereocenters. The van der Waals surface area contributed by atoms with E-state index in [0.717, 1.165) is 0 Å². The van der Waals surface area contributed by atoms with E-state index >= 15 is 0 Å². The smallest absolute Gasteiger partial charge is 0.0620 e. The summed E-state index contributed by atoms with van der Waals surface area (Å²) in [4.78, 5) is 0. The standard InChI is InChI=1S/C27H26P2/c1-5-13-24(14-6-1)28(25-15-7-2-8-16-25)21-22-29(23-28,26-17-9-3-10-18-26)27-19-11-4-12-20-27/h1-20H,21-23H2/q+2. The van der Waals surface area contributed by atoms with Crippen molar-refractivity contribution in [2.45, 2.75) is 0 Å². The normalized spacial score (nSPS) is 17.1. The molecule has 1 heterocycles. The van der Waals surface area contributed by atoms with E-state index in [4.69, 9.17) is 0 Å². The second kappa shape index (κ2) is 7.87. The van der Waals surface area contributed by atoms with E-state index in [1.807, 2.05) is 0 Å². The first-order valence-electron chi connectivity index (χ1n) is 10.3. The van der Waals surface area contributed by atoms with Gasteiger partial charge in [-0.1, -0.05) is 72.8 Å². The topological polar surface area (TPSA) is 0 Å². The lowest BCUT2D eigenvalue weighted by Gasteiger charge is -2.24. The molecule has 5 rings (SSSR count). The van der Waals surface area contributed by atoms with Gasteiger partial charge >= 0.3 is 0 Å². The van der Waals surface area contributed by atoms with Crippen molar-refractivity contribution in [1.29, 1.82) is 0 Å². The van der Waals surface area contributed by atoms with Crippen LogP contribution in [0.2, 0.25) is 0 Å². The molecule has 0 nitrogen and oxygen atoms in total. The van der Waals surface area contributed by atoms with Crippen LogP contribution in [-0.2, 0) is 0 Å². The predicted octanol–water partition coefficient (Wildman–Crippen LogP) is 5.29. The molecule has 29 heavy (non-hydrogen) atoms. The second-order valence-electron chi connectivity index (χ2n) is 7.87. The maximum atomic E-state index is 2.39. The maximum Gasteiger partial charge on any atom is 0.179 e. The van der Waals surface area contributed by atoms with Crippen LogP contribution in [0, 0.1) is 0 Å². The zero-order chi connectivity index (χ0) is 19.6.